The Balaban J connectivity index is 2.42. The highest BCUT2D eigenvalue weighted by atomic mass is 15.2. The Labute approximate surface area is 115 Å². The van der Waals surface area contributed by atoms with Crippen molar-refractivity contribution in [2.75, 3.05) is 19.6 Å². The molecule has 0 aromatic carbocycles. The van der Waals surface area contributed by atoms with Gasteiger partial charge in [0.25, 0.3) is 0 Å². The first-order valence-electron chi connectivity index (χ1n) is 8.16. The zero-order chi connectivity index (χ0) is 13.4. The fourth-order valence-corrected chi connectivity index (χ4v) is 2.92. The summed E-state index contributed by atoms with van der Waals surface area (Å²) in [6, 6.07) is 1.47. The van der Waals surface area contributed by atoms with Crippen molar-refractivity contribution < 1.29 is 0 Å². The molecule has 1 aliphatic rings. The fraction of sp³-hybridized carbons (Fsp3) is 1.00. The second kappa shape index (κ2) is 8.92. The second-order valence-corrected chi connectivity index (χ2v) is 6.14. The van der Waals surface area contributed by atoms with Crippen molar-refractivity contribution in [3.05, 3.63) is 0 Å². The van der Waals surface area contributed by atoms with E-state index < -0.39 is 0 Å². The van der Waals surface area contributed by atoms with Crippen LogP contribution < -0.4 is 5.32 Å². The normalized spacial score (nSPS) is 25.7. The topological polar surface area (TPSA) is 15.3 Å². The number of nitrogens with zero attached hydrogens (tertiary/aromatic N) is 1. The molecule has 1 fully saturated rings. The lowest BCUT2D eigenvalue weighted by Crippen LogP contribution is -2.44. The summed E-state index contributed by atoms with van der Waals surface area (Å²) in [5, 5.41) is 3.74. The van der Waals surface area contributed by atoms with E-state index in [4.69, 9.17) is 0 Å². The lowest BCUT2D eigenvalue weighted by molar-refractivity contribution is 0.177. The Morgan fingerprint density at radius 1 is 1.22 bits per heavy atom. The van der Waals surface area contributed by atoms with Crippen LogP contribution in [0.5, 0.6) is 0 Å². The summed E-state index contributed by atoms with van der Waals surface area (Å²) in [6.45, 7) is 13.2. The van der Waals surface area contributed by atoms with Gasteiger partial charge >= 0.3 is 0 Å². The molecule has 1 aliphatic heterocycles. The smallest absolute Gasteiger partial charge is 0.0220 e. The van der Waals surface area contributed by atoms with Gasteiger partial charge in [0.1, 0.15) is 0 Å². The monoisotopic (exact) mass is 254 g/mol. The molecule has 0 aliphatic carbocycles. The van der Waals surface area contributed by atoms with E-state index in [0.717, 1.165) is 12.0 Å². The molecule has 0 aromatic rings. The van der Waals surface area contributed by atoms with Crippen LogP contribution in [0.1, 0.15) is 66.2 Å². The molecule has 1 N–H and O–H groups in total. The molecule has 0 saturated carbocycles. The van der Waals surface area contributed by atoms with Gasteiger partial charge in [-0.05, 0) is 38.8 Å². The van der Waals surface area contributed by atoms with Gasteiger partial charge in [-0.25, -0.2) is 0 Å². The molecule has 0 radical (unpaired) electrons. The first kappa shape index (κ1) is 16.0. The van der Waals surface area contributed by atoms with E-state index in [2.05, 4.69) is 37.9 Å². The number of hydrogen-bond donors (Lipinski definition) is 1. The van der Waals surface area contributed by atoms with Gasteiger partial charge in [0, 0.05) is 18.6 Å². The SMILES string of the molecule is CCCCCC(C)N1CCCNC(C(C)CC)C1. The Morgan fingerprint density at radius 3 is 2.67 bits per heavy atom. The lowest BCUT2D eigenvalue weighted by atomic mass is 9.98. The average molecular weight is 254 g/mol. The van der Waals surface area contributed by atoms with Gasteiger partial charge in [0.15, 0.2) is 0 Å². The summed E-state index contributed by atoms with van der Waals surface area (Å²) >= 11 is 0. The molecule has 3 unspecified atom stereocenters. The summed E-state index contributed by atoms with van der Waals surface area (Å²) < 4.78 is 0. The average Bonchev–Trinajstić information content (AvgIpc) is 2.63. The molecule has 0 aromatic heterocycles. The van der Waals surface area contributed by atoms with Crippen LogP contribution in [-0.2, 0) is 0 Å². The molecule has 2 heteroatoms. The first-order chi connectivity index (χ1) is 8.69. The highest BCUT2D eigenvalue weighted by Gasteiger charge is 2.24. The van der Waals surface area contributed by atoms with E-state index in [0.29, 0.717) is 6.04 Å². The standard InChI is InChI=1S/C16H34N2/c1-5-7-8-10-15(4)18-12-9-11-17-16(13-18)14(3)6-2/h14-17H,5-13H2,1-4H3. The van der Waals surface area contributed by atoms with E-state index in [1.165, 1.54) is 58.2 Å². The van der Waals surface area contributed by atoms with Crippen molar-refractivity contribution in [1.29, 1.82) is 0 Å². The maximum absolute atomic E-state index is 3.74. The van der Waals surface area contributed by atoms with Gasteiger partial charge in [0.05, 0.1) is 0 Å². The Kier molecular flexibility index (Phi) is 7.92. The largest absolute Gasteiger partial charge is 0.312 e. The maximum Gasteiger partial charge on any atom is 0.0220 e. The van der Waals surface area contributed by atoms with E-state index in [9.17, 15) is 0 Å². The van der Waals surface area contributed by atoms with Crippen LogP contribution in [0, 0.1) is 5.92 Å². The molecule has 108 valence electrons. The molecular formula is C16H34N2. The van der Waals surface area contributed by atoms with Crippen LogP contribution >= 0.6 is 0 Å². The zero-order valence-electron chi connectivity index (χ0n) is 13.0. The van der Waals surface area contributed by atoms with Gasteiger partial charge in [-0.2, -0.15) is 0 Å². The molecular weight excluding hydrogens is 220 g/mol. The number of nitrogens with one attached hydrogen (secondary N) is 1. The van der Waals surface area contributed by atoms with Crippen molar-refractivity contribution in [2.45, 2.75) is 78.3 Å². The van der Waals surface area contributed by atoms with E-state index in [-0.39, 0.29) is 0 Å². The van der Waals surface area contributed by atoms with Gasteiger partial charge in [0.2, 0.25) is 0 Å². The van der Waals surface area contributed by atoms with Gasteiger partial charge in [-0.15, -0.1) is 0 Å². The highest BCUT2D eigenvalue weighted by Crippen LogP contribution is 2.17. The molecule has 0 amide bonds. The summed E-state index contributed by atoms with van der Waals surface area (Å²) in [6.07, 6.45) is 8.10. The van der Waals surface area contributed by atoms with Crippen LogP contribution in [0.2, 0.25) is 0 Å². The molecule has 0 spiro atoms. The van der Waals surface area contributed by atoms with Gasteiger partial charge in [-0.3, -0.25) is 4.90 Å². The van der Waals surface area contributed by atoms with Crippen molar-refractivity contribution in [3.8, 4) is 0 Å². The number of rotatable bonds is 7. The molecule has 3 atom stereocenters. The van der Waals surface area contributed by atoms with Crippen LogP contribution in [-0.4, -0.2) is 36.6 Å². The quantitative estimate of drug-likeness (QED) is 0.697. The molecule has 2 nitrogen and oxygen atoms in total. The Morgan fingerprint density at radius 2 is 2.00 bits per heavy atom. The van der Waals surface area contributed by atoms with Crippen molar-refractivity contribution in [1.82, 2.24) is 10.2 Å². The fourth-order valence-electron chi connectivity index (χ4n) is 2.92. The lowest BCUT2D eigenvalue weighted by Gasteiger charge is -2.32. The van der Waals surface area contributed by atoms with Crippen molar-refractivity contribution in [2.24, 2.45) is 5.92 Å². The minimum Gasteiger partial charge on any atom is -0.312 e. The Hall–Kier alpha value is -0.0800. The molecule has 1 heterocycles. The summed E-state index contributed by atoms with van der Waals surface area (Å²) in [4.78, 5) is 2.73. The van der Waals surface area contributed by atoms with E-state index >= 15 is 0 Å². The Bertz CT molecular complexity index is 205. The van der Waals surface area contributed by atoms with E-state index in [1.54, 1.807) is 0 Å². The minimum atomic E-state index is 0.700. The van der Waals surface area contributed by atoms with Gasteiger partial charge < -0.3 is 5.32 Å². The number of unbranched alkanes of at least 4 members (excludes halogenated alkanes) is 2. The third-order valence-electron chi connectivity index (χ3n) is 4.64. The summed E-state index contributed by atoms with van der Waals surface area (Å²) in [5.41, 5.74) is 0. The predicted molar refractivity (Wildman–Crippen MR) is 81.0 cm³/mol. The molecule has 0 bridgehead atoms. The highest BCUT2D eigenvalue weighted by molar-refractivity contribution is 4.82. The summed E-state index contributed by atoms with van der Waals surface area (Å²) in [7, 11) is 0. The van der Waals surface area contributed by atoms with Gasteiger partial charge in [-0.1, -0.05) is 46.5 Å². The molecule has 1 rings (SSSR count). The minimum absolute atomic E-state index is 0.700. The molecule has 18 heavy (non-hydrogen) atoms. The van der Waals surface area contributed by atoms with Crippen LogP contribution in [0.15, 0.2) is 0 Å². The zero-order valence-corrected chi connectivity index (χ0v) is 13.0. The summed E-state index contributed by atoms with van der Waals surface area (Å²) in [5.74, 6) is 0.799. The van der Waals surface area contributed by atoms with Crippen molar-refractivity contribution >= 4 is 0 Å². The van der Waals surface area contributed by atoms with Crippen LogP contribution in [0.4, 0.5) is 0 Å². The third kappa shape index (κ3) is 5.27. The van der Waals surface area contributed by atoms with Crippen LogP contribution in [0.25, 0.3) is 0 Å². The number of hydrogen-bond acceptors (Lipinski definition) is 2. The van der Waals surface area contributed by atoms with E-state index in [1.807, 2.05) is 0 Å². The van der Waals surface area contributed by atoms with Crippen LogP contribution in [0.3, 0.4) is 0 Å². The third-order valence-corrected chi connectivity index (χ3v) is 4.64. The molecule has 1 saturated heterocycles. The first-order valence-corrected chi connectivity index (χ1v) is 8.16. The predicted octanol–water partition coefficient (Wildman–Crippen LogP) is 3.67. The maximum atomic E-state index is 3.74. The second-order valence-electron chi connectivity index (χ2n) is 6.14. The van der Waals surface area contributed by atoms with Crippen molar-refractivity contribution in [3.63, 3.8) is 0 Å².